The second-order valence-electron chi connectivity index (χ2n) is 15.8. The average molecular weight is 883 g/mol. The number of fused-ring (bicyclic) bond motifs is 1. The minimum absolute atomic E-state index is 0. The number of halogens is 1. The van der Waals surface area contributed by atoms with Gasteiger partial charge in [0.15, 0.2) is 0 Å². The number of hydrogen-bond donors (Lipinski definition) is 0. The van der Waals surface area contributed by atoms with Crippen LogP contribution in [0.15, 0.2) is 72.8 Å². The summed E-state index contributed by atoms with van der Waals surface area (Å²) in [6, 6.07) is 24.4. The van der Waals surface area contributed by atoms with E-state index >= 15 is 0 Å². The smallest absolute Gasteiger partial charge is 0.147 e. The number of methoxy groups -OCH3 is 2. The van der Waals surface area contributed by atoms with Gasteiger partial charge in [0.25, 0.3) is 0 Å². The van der Waals surface area contributed by atoms with Crippen LogP contribution in [0.5, 0.6) is 17.2 Å². The van der Waals surface area contributed by atoms with Crippen molar-refractivity contribution in [3.05, 3.63) is 106 Å². The molecule has 1 unspecified atom stereocenters. The first-order valence-corrected chi connectivity index (χ1v) is 21.9. The molecule has 4 aromatic rings. The zero-order chi connectivity index (χ0) is 40.4. The Hall–Kier alpha value is -4.20. The third-order valence-corrected chi connectivity index (χ3v) is 13.3. The molecule has 307 valence electrons. The Morgan fingerprint density at radius 1 is 0.772 bits per heavy atom. The number of para-hydroxylation sites is 3. The Bertz CT molecular complexity index is 1990. The van der Waals surface area contributed by atoms with E-state index in [9.17, 15) is 9.59 Å². The van der Waals surface area contributed by atoms with E-state index in [2.05, 4.69) is 112 Å². The van der Waals surface area contributed by atoms with E-state index in [4.69, 9.17) is 14.2 Å². The Kier molecular flexibility index (Phi) is 14.3. The molecule has 0 N–H and O–H groups in total. The van der Waals surface area contributed by atoms with Crippen molar-refractivity contribution in [3.63, 3.8) is 0 Å². The van der Waals surface area contributed by atoms with Crippen LogP contribution in [0.1, 0.15) is 131 Å². The van der Waals surface area contributed by atoms with Crippen molar-refractivity contribution in [1.82, 2.24) is 0 Å². The third kappa shape index (κ3) is 8.52. The van der Waals surface area contributed by atoms with Gasteiger partial charge in [-0.1, -0.05) is 0 Å². The summed E-state index contributed by atoms with van der Waals surface area (Å²) in [5.41, 5.74) is 9.81. The van der Waals surface area contributed by atoms with Crippen molar-refractivity contribution in [2.24, 2.45) is 0 Å². The van der Waals surface area contributed by atoms with Gasteiger partial charge < -0.3 is 0 Å². The molecule has 1 atom stereocenters. The Balaban J connectivity index is 0.00000620. The molecule has 10 heteroatoms. The maximum absolute atomic E-state index is 14.4. The molecule has 0 radical (unpaired) electrons. The van der Waals surface area contributed by atoms with E-state index in [1.807, 2.05) is 13.0 Å². The largest absolute Gasteiger partial charge is 0.147 e. The SMILES string of the molecule is CCC1Oc2c(/[CH]=[Ru]/[CH]3N(c4c(C(C)C)cccc4C(C)C)CCN3c3c(C(C)C)cccc3C(C)C)cccc2N(C(=O)c2ccc(OC)cc2OC)C1=O.Cl. The van der Waals surface area contributed by atoms with E-state index in [0.29, 0.717) is 53.0 Å². The van der Waals surface area contributed by atoms with E-state index in [-0.39, 0.29) is 28.6 Å². The van der Waals surface area contributed by atoms with Crippen LogP contribution in [0.3, 0.4) is 0 Å². The van der Waals surface area contributed by atoms with Crippen LogP contribution >= 0.6 is 12.4 Å². The van der Waals surface area contributed by atoms with E-state index in [1.165, 1.54) is 45.6 Å². The first kappa shape index (κ1) is 43.9. The number of rotatable bonds is 12. The minimum Gasteiger partial charge on any atom is -0.147 e. The molecule has 1 saturated heterocycles. The van der Waals surface area contributed by atoms with Gasteiger partial charge in [-0.3, -0.25) is 0 Å². The first-order valence-electron chi connectivity index (χ1n) is 19.9. The standard InChI is InChI=1S/C27H39N2.C20H19NO5.ClH.Ru/c1-18(2)22-11-9-12-23(19(3)4)26(22)28-15-16-29(17-28)27-24(20(5)6)13-10-14-25(27)21(7)8;1-5-16-20(23)21(15-8-6-7-12(2)18(15)26-16)19(22)14-10-9-13(24-3)11-17(14)25-4;;/h9-14,17-21H,15-16H2,1-8H3;2,6-11,16H,5H2,1,3-4H3;1H;. The molecule has 2 amide bonds. The topological polar surface area (TPSA) is 71.6 Å². The van der Waals surface area contributed by atoms with Crippen LogP contribution in [-0.2, 0) is 21.5 Å². The van der Waals surface area contributed by atoms with Crippen molar-refractivity contribution in [3.8, 4) is 17.2 Å². The zero-order valence-electron chi connectivity index (χ0n) is 35.2. The van der Waals surface area contributed by atoms with Crippen molar-refractivity contribution in [2.45, 2.75) is 103 Å². The molecule has 8 nitrogen and oxygen atoms in total. The number of imide groups is 1. The zero-order valence-corrected chi connectivity index (χ0v) is 37.8. The van der Waals surface area contributed by atoms with Crippen LogP contribution in [0, 0.1) is 0 Å². The molecule has 2 aliphatic heterocycles. The Morgan fingerprint density at radius 3 is 1.74 bits per heavy atom. The summed E-state index contributed by atoms with van der Waals surface area (Å²) in [6.07, 6.45) is -0.389. The summed E-state index contributed by atoms with van der Waals surface area (Å²) in [6.45, 7) is 22.1. The summed E-state index contributed by atoms with van der Waals surface area (Å²) >= 11 is -0.475. The van der Waals surface area contributed by atoms with Gasteiger partial charge in [0.05, 0.1) is 0 Å². The summed E-state index contributed by atoms with van der Waals surface area (Å²) < 4.78 is 19.9. The Labute approximate surface area is 353 Å². The summed E-state index contributed by atoms with van der Waals surface area (Å²) in [4.78, 5) is 35.0. The number of anilines is 3. The van der Waals surface area contributed by atoms with Gasteiger partial charge >= 0.3 is 343 Å². The van der Waals surface area contributed by atoms with Gasteiger partial charge in [0.2, 0.25) is 0 Å². The monoisotopic (exact) mass is 882 g/mol. The van der Waals surface area contributed by atoms with Crippen LogP contribution in [0.4, 0.5) is 17.1 Å². The fraction of sp³-hybridized carbons (Fsp3) is 0.426. The molecule has 0 bridgehead atoms. The molecule has 6 rings (SSSR count). The predicted octanol–water partition coefficient (Wildman–Crippen LogP) is 10.5. The van der Waals surface area contributed by atoms with Crippen molar-refractivity contribution < 1.29 is 40.5 Å². The average Bonchev–Trinajstić information content (AvgIpc) is 3.61. The molecule has 1 fully saturated rings. The van der Waals surface area contributed by atoms with Gasteiger partial charge in [-0.2, -0.15) is 0 Å². The predicted molar refractivity (Wildman–Crippen MR) is 233 cm³/mol. The van der Waals surface area contributed by atoms with E-state index in [1.54, 1.807) is 31.4 Å². The minimum atomic E-state index is -0.807. The van der Waals surface area contributed by atoms with E-state index < -0.39 is 28.7 Å². The van der Waals surface area contributed by atoms with Crippen molar-refractivity contribution in [2.75, 3.05) is 42.0 Å². The third-order valence-electron chi connectivity index (χ3n) is 10.8. The van der Waals surface area contributed by atoms with Crippen LogP contribution < -0.4 is 28.9 Å². The maximum atomic E-state index is 14.4. The summed E-state index contributed by atoms with van der Waals surface area (Å²) in [5.74, 6) is 2.03. The molecule has 2 heterocycles. The Morgan fingerprint density at radius 2 is 1.28 bits per heavy atom. The number of amides is 2. The van der Waals surface area contributed by atoms with Crippen molar-refractivity contribution >= 4 is 45.9 Å². The number of hydrogen-bond acceptors (Lipinski definition) is 7. The molecule has 57 heavy (non-hydrogen) atoms. The number of nitrogens with zero attached hydrogens (tertiary/aromatic N) is 3. The molecule has 0 aromatic heterocycles. The normalized spacial score (nSPS) is 16.0. The fourth-order valence-corrected chi connectivity index (χ4v) is 10.4. The molecular formula is C47H59ClN3O5Ru. The molecule has 0 spiro atoms. The summed E-state index contributed by atoms with van der Waals surface area (Å²) in [7, 11) is 3.07. The first-order chi connectivity index (χ1) is 26.8. The molecular weight excluding hydrogens is 823 g/mol. The second kappa shape index (κ2) is 18.6. The number of carbonyl (C=O) groups excluding carboxylic acids is 2. The number of benzene rings is 4. The molecule has 2 aliphatic rings. The maximum Gasteiger partial charge on any atom is -0.147 e. The molecule has 0 aliphatic carbocycles. The quantitative estimate of drug-likeness (QED) is 0.104. The van der Waals surface area contributed by atoms with Gasteiger partial charge in [0.1, 0.15) is 0 Å². The van der Waals surface area contributed by atoms with Crippen LogP contribution in [0.2, 0.25) is 0 Å². The number of ether oxygens (including phenoxy) is 3. The van der Waals surface area contributed by atoms with Gasteiger partial charge in [0, 0.05) is 0 Å². The van der Waals surface area contributed by atoms with Gasteiger partial charge in [-0.05, 0) is 0 Å². The van der Waals surface area contributed by atoms with Crippen LogP contribution in [0.25, 0.3) is 0 Å². The fourth-order valence-electron chi connectivity index (χ4n) is 7.90. The molecule has 0 saturated carbocycles. The van der Waals surface area contributed by atoms with Crippen molar-refractivity contribution in [1.29, 1.82) is 0 Å². The molecule has 4 aromatic carbocycles. The summed E-state index contributed by atoms with van der Waals surface area (Å²) in [5, 5.41) is 0. The second-order valence-corrected chi connectivity index (χ2v) is 17.8. The van der Waals surface area contributed by atoms with Gasteiger partial charge in [-0.25, -0.2) is 0 Å². The van der Waals surface area contributed by atoms with E-state index in [0.717, 1.165) is 18.7 Å². The van der Waals surface area contributed by atoms with Crippen LogP contribution in [-0.4, -0.2) is 54.6 Å². The number of carbonyl (C=O) groups is 2. The van der Waals surface area contributed by atoms with Gasteiger partial charge in [-0.15, -0.1) is 12.4 Å².